The van der Waals surface area contributed by atoms with Crippen molar-refractivity contribution < 1.29 is 4.79 Å². The molecule has 1 aliphatic rings. The molecule has 2 atom stereocenters. The second-order valence-electron chi connectivity index (χ2n) is 5.14. The summed E-state index contributed by atoms with van der Waals surface area (Å²) in [4.78, 5) is 12.5. The standard InChI is InChI=1S/C14H17Br3N2O/c15-8-6-10(16)13(11(17)7-8)19-14(20)9-4-2-1-3-5-12(9)18/h6-7,9,12H,1-5,18H2,(H,19,20). The van der Waals surface area contributed by atoms with Crippen molar-refractivity contribution in [2.45, 2.75) is 38.1 Å². The third kappa shape index (κ3) is 4.06. The lowest BCUT2D eigenvalue weighted by Gasteiger charge is -2.21. The Labute approximate surface area is 144 Å². The second kappa shape index (κ2) is 7.38. The van der Waals surface area contributed by atoms with E-state index in [2.05, 4.69) is 53.1 Å². The summed E-state index contributed by atoms with van der Waals surface area (Å²) in [6.45, 7) is 0. The van der Waals surface area contributed by atoms with Gasteiger partial charge in [0.15, 0.2) is 0 Å². The van der Waals surface area contributed by atoms with Crippen LogP contribution in [0.2, 0.25) is 0 Å². The van der Waals surface area contributed by atoms with Crippen LogP contribution in [0, 0.1) is 5.92 Å². The molecule has 1 fully saturated rings. The minimum Gasteiger partial charge on any atom is -0.327 e. The van der Waals surface area contributed by atoms with Crippen LogP contribution in [0.4, 0.5) is 5.69 Å². The van der Waals surface area contributed by atoms with Gasteiger partial charge in [0, 0.05) is 19.5 Å². The van der Waals surface area contributed by atoms with Crippen LogP contribution in [0.15, 0.2) is 25.6 Å². The molecule has 0 saturated heterocycles. The maximum atomic E-state index is 12.5. The molecule has 0 radical (unpaired) electrons. The van der Waals surface area contributed by atoms with Gasteiger partial charge in [0.1, 0.15) is 0 Å². The average Bonchev–Trinajstić information content (AvgIpc) is 2.58. The number of amides is 1. The van der Waals surface area contributed by atoms with Gasteiger partial charge in [-0.2, -0.15) is 0 Å². The molecule has 110 valence electrons. The molecule has 6 heteroatoms. The van der Waals surface area contributed by atoms with Crippen LogP contribution in [-0.2, 0) is 4.79 Å². The van der Waals surface area contributed by atoms with Crippen LogP contribution in [-0.4, -0.2) is 11.9 Å². The molecule has 0 aromatic heterocycles. The van der Waals surface area contributed by atoms with Gasteiger partial charge in [0.2, 0.25) is 5.91 Å². The van der Waals surface area contributed by atoms with Gasteiger partial charge in [-0.25, -0.2) is 0 Å². The molecule has 3 N–H and O–H groups in total. The normalized spacial score (nSPS) is 23.2. The van der Waals surface area contributed by atoms with Crippen LogP contribution in [0.3, 0.4) is 0 Å². The van der Waals surface area contributed by atoms with Gasteiger partial charge in [-0.1, -0.05) is 35.2 Å². The van der Waals surface area contributed by atoms with Gasteiger partial charge in [-0.3, -0.25) is 4.79 Å². The topological polar surface area (TPSA) is 55.1 Å². The van der Waals surface area contributed by atoms with Crippen LogP contribution in [0.25, 0.3) is 0 Å². The van der Waals surface area contributed by atoms with Crippen molar-refractivity contribution in [1.29, 1.82) is 0 Å². The van der Waals surface area contributed by atoms with Crippen LogP contribution < -0.4 is 11.1 Å². The number of benzene rings is 1. The zero-order valence-corrected chi connectivity index (χ0v) is 15.7. The first-order valence-corrected chi connectivity index (χ1v) is 9.08. The smallest absolute Gasteiger partial charge is 0.229 e. The highest BCUT2D eigenvalue weighted by atomic mass is 79.9. The highest BCUT2D eigenvalue weighted by Crippen LogP contribution is 2.35. The number of carbonyl (C=O) groups is 1. The zero-order chi connectivity index (χ0) is 14.7. The van der Waals surface area contributed by atoms with E-state index in [4.69, 9.17) is 5.73 Å². The fraction of sp³-hybridized carbons (Fsp3) is 0.500. The lowest BCUT2D eigenvalue weighted by molar-refractivity contribution is -0.120. The lowest BCUT2D eigenvalue weighted by Crippen LogP contribution is -2.37. The van der Waals surface area contributed by atoms with Crippen LogP contribution in [0.5, 0.6) is 0 Å². The molecule has 0 aliphatic heterocycles. The summed E-state index contributed by atoms with van der Waals surface area (Å²) < 4.78 is 2.63. The van der Waals surface area contributed by atoms with Crippen LogP contribution in [0.1, 0.15) is 32.1 Å². The van der Waals surface area contributed by atoms with E-state index in [-0.39, 0.29) is 17.9 Å². The lowest BCUT2D eigenvalue weighted by atomic mass is 9.94. The Kier molecular flexibility index (Phi) is 6.08. The highest BCUT2D eigenvalue weighted by Gasteiger charge is 2.27. The van der Waals surface area contributed by atoms with E-state index in [9.17, 15) is 4.79 Å². The van der Waals surface area contributed by atoms with Gasteiger partial charge in [-0.15, -0.1) is 0 Å². The Morgan fingerprint density at radius 3 is 2.35 bits per heavy atom. The summed E-state index contributed by atoms with van der Waals surface area (Å²) in [7, 11) is 0. The van der Waals surface area contributed by atoms with Crippen molar-refractivity contribution in [3.8, 4) is 0 Å². The molecule has 2 rings (SSSR count). The number of halogens is 3. The van der Waals surface area contributed by atoms with E-state index in [1.807, 2.05) is 12.1 Å². The molecule has 1 amide bonds. The van der Waals surface area contributed by atoms with E-state index in [0.717, 1.165) is 44.8 Å². The van der Waals surface area contributed by atoms with Crippen LogP contribution >= 0.6 is 47.8 Å². The van der Waals surface area contributed by atoms with Gasteiger partial charge in [-0.05, 0) is 56.8 Å². The van der Waals surface area contributed by atoms with Gasteiger partial charge < -0.3 is 11.1 Å². The second-order valence-corrected chi connectivity index (χ2v) is 7.77. The maximum absolute atomic E-state index is 12.5. The average molecular weight is 469 g/mol. The van der Waals surface area contributed by atoms with Gasteiger partial charge in [0.05, 0.1) is 11.6 Å². The van der Waals surface area contributed by atoms with Crippen molar-refractivity contribution in [2.24, 2.45) is 11.7 Å². The van der Waals surface area contributed by atoms with E-state index in [0.29, 0.717) is 0 Å². The summed E-state index contributed by atoms with van der Waals surface area (Å²) in [6.07, 6.45) is 5.17. The number of rotatable bonds is 2. The van der Waals surface area contributed by atoms with Crippen molar-refractivity contribution in [2.75, 3.05) is 5.32 Å². The predicted octanol–water partition coefficient (Wildman–Crippen LogP) is 4.82. The van der Waals surface area contributed by atoms with E-state index in [1.165, 1.54) is 6.42 Å². The molecule has 1 aromatic carbocycles. The number of hydrogen-bond donors (Lipinski definition) is 2. The Morgan fingerprint density at radius 2 is 1.70 bits per heavy atom. The summed E-state index contributed by atoms with van der Waals surface area (Å²) >= 11 is 10.4. The van der Waals surface area contributed by atoms with Gasteiger partial charge >= 0.3 is 0 Å². The molecule has 2 unspecified atom stereocenters. The quantitative estimate of drug-likeness (QED) is 0.611. The first-order valence-electron chi connectivity index (χ1n) is 6.70. The number of nitrogens with two attached hydrogens (primary N) is 1. The molecule has 0 spiro atoms. The largest absolute Gasteiger partial charge is 0.327 e. The molecule has 1 aromatic rings. The fourth-order valence-electron chi connectivity index (χ4n) is 2.54. The first kappa shape index (κ1) is 16.5. The van der Waals surface area contributed by atoms with Crippen molar-refractivity contribution in [1.82, 2.24) is 0 Å². The van der Waals surface area contributed by atoms with Crippen molar-refractivity contribution in [3.63, 3.8) is 0 Å². The Morgan fingerprint density at radius 1 is 1.10 bits per heavy atom. The van der Waals surface area contributed by atoms with E-state index < -0.39 is 0 Å². The fourth-order valence-corrected chi connectivity index (χ4v) is 5.00. The summed E-state index contributed by atoms with van der Waals surface area (Å²) in [5.74, 6) is -0.0805. The number of carbonyl (C=O) groups excluding carboxylic acids is 1. The zero-order valence-electron chi connectivity index (χ0n) is 11.0. The third-order valence-corrected chi connectivity index (χ3v) is 5.37. The number of anilines is 1. The predicted molar refractivity (Wildman–Crippen MR) is 92.7 cm³/mol. The summed E-state index contributed by atoms with van der Waals surface area (Å²) in [5.41, 5.74) is 6.90. The molecule has 1 aliphatic carbocycles. The minimum atomic E-state index is -0.0973. The molecule has 0 bridgehead atoms. The monoisotopic (exact) mass is 466 g/mol. The first-order chi connectivity index (χ1) is 9.49. The molecule has 20 heavy (non-hydrogen) atoms. The van der Waals surface area contributed by atoms with Crippen molar-refractivity contribution in [3.05, 3.63) is 25.6 Å². The van der Waals surface area contributed by atoms with E-state index in [1.54, 1.807) is 0 Å². The third-order valence-electron chi connectivity index (χ3n) is 3.66. The van der Waals surface area contributed by atoms with E-state index >= 15 is 0 Å². The number of hydrogen-bond acceptors (Lipinski definition) is 2. The summed E-state index contributed by atoms with van der Waals surface area (Å²) in [6, 6.07) is 3.78. The highest BCUT2D eigenvalue weighted by molar-refractivity contribution is 9.11. The van der Waals surface area contributed by atoms with Gasteiger partial charge in [0.25, 0.3) is 0 Å². The molecular formula is C14H17Br3N2O. The molecule has 1 saturated carbocycles. The number of nitrogens with one attached hydrogen (secondary N) is 1. The minimum absolute atomic E-state index is 0.0168. The Hall–Kier alpha value is 0.0900. The SMILES string of the molecule is NC1CCCCCC1C(=O)Nc1c(Br)cc(Br)cc1Br. The molecular weight excluding hydrogens is 452 g/mol. The molecule has 0 heterocycles. The summed E-state index contributed by atoms with van der Waals surface area (Å²) in [5, 5.41) is 3.00. The Bertz CT molecular complexity index is 484. The maximum Gasteiger partial charge on any atom is 0.229 e. The van der Waals surface area contributed by atoms with Crippen molar-refractivity contribution >= 4 is 59.4 Å². The molecule has 3 nitrogen and oxygen atoms in total. The Balaban J connectivity index is 2.15.